The molecule has 0 saturated heterocycles. The van der Waals surface area contributed by atoms with Gasteiger partial charge < -0.3 is 4.90 Å². The van der Waals surface area contributed by atoms with Crippen LogP contribution in [0, 0.1) is 25.5 Å². The number of halogens is 3. The van der Waals surface area contributed by atoms with Crippen LogP contribution in [0.4, 0.5) is 14.6 Å². The SMILES string of the molecule is Cc1nc(Cc2ccc(F)cc2)nc(N2CCc3ccc(F)cc3C2)c1C.Cl. The number of hydrogen-bond donors (Lipinski definition) is 0. The summed E-state index contributed by atoms with van der Waals surface area (Å²) in [4.78, 5) is 11.6. The Morgan fingerprint density at radius 2 is 1.64 bits per heavy atom. The highest BCUT2D eigenvalue weighted by Crippen LogP contribution is 2.27. The van der Waals surface area contributed by atoms with Crippen LogP contribution in [-0.2, 0) is 19.4 Å². The third kappa shape index (κ3) is 4.14. The molecule has 0 N–H and O–H groups in total. The number of fused-ring (bicyclic) bond motifs is 1. The summed E-state index contributed by atoms with van der Waals surface area (Å²) in [7, 11) is 0. The minimum absolute atomic E-state index is 0. The van der Waals surface area contributed by atoms with Crippen LogP contribution in [0.25, 0.3) is 0 Å². The summed E-state index contributed by atoms with van der Waals surface area (Å²) in [6.07, 6.45) is 1.42. The molecule has 0 amide bonds. The summed E-state index contributed by atoms with van der Waals surface area (Å²) in [6, 6.07) is 11.4. The van der Waals surface area contributed by atoms with Gasteiger partial charge in [0.05, 0.1) is 0 Å². The van der Waals surface area contributed by atoms with Crippen molar-refractivity contribution in [3.05, 3.63) is 87.9 Å². The Morgan fingerprint density at radius 3 is 2.39 bits per heavy atom. The van der Waals surface area contributed by atoms with Crippen LogP contribution in [0.2, 0.25) is 0 Å². The molecule has 1 aliphatic heterocycles. The first-order chi connectivity index (χ1) is 13.0. The average molecular weight is 402 g/mol. The van der Waals surface area contributed by atoms with Gasteiger partial charge in [-0.15, -0.1) is 12.4 Å². The van der Waals surface area contributed by atoms with E-state index in [9.17, 15) is 8.78 Å². The fourth-order valence-electron chi connectivity index (χ4n) is 3.55. The molecular formula is C22H22ClF2N3. The monoisotopic (exact) mass is 401 g/mol. The number of benzene rings is 2. The summed E-state index contributed by atoms with van der Waals surface area (Å²) in [5.74, 6) is 1.15. The number of nitrogens with zero attached hydrogens (tertiary/aromatic N) is 3. The van der Waals surface area contributed by atoms with Crippen molar-refractivity contribution in [1.82, 2.24) is 9.97 Å². The van der Waals surface area contributed by atoms with Crippen LogP contribution in [0.3, 0.4) is 0 Å². The molecule has 0 saturated carbocycles. The predicted octanol–water partition coefficient (Wildman–Crippen LogP) is 4.95. The van der Waals surface area contributed by atoms with Gasteiger partial charge in [-0.05, 0) is 61.2 Å². The summed E-state index contributed by atoms with van der Waals surface area (Å²) in [5, 5.41) is 0. The van der Waals surface area contributed by atoms with Crippen LogP contribution in [0.15, 0.2) is 42.5 Å². The summed E-state index contributed by atoms with van der Waals surface area (Å²) in [5.41, 5.74) is 5.15. The average Bonchev–Trinajstić information content (AvgIpc) is 2.66. The topological polar surface area (TPSA) is 29.0 Å². The predicted molar refractivity (Wildman–Crippen MR) is 109 cm³/mol. The van der Waals surface area contributed by atoms with Gasteiger partial charge in [0.15, 0.2) is 0 Å². The highest BCUT2D eigenvalue weighted by molar-refractivity contribution is 5.85. The van der Waals surface area contributed by atoms with Crippen LogP contribution >= 0.6 is 12.4 Å². The lowest BCUT2D eigenvalue weighted by atomic mass is 9.99. The Bertz CT molecular complexity index is 990. The molecule has 3 nitrogen and oxygen atoms in total. The largest absolute Gasteiger partial charge is 0.352 e. The third-order valence-electron chi connectivity index (χ3n) is 5.17. The van der Waals surface area contributed by atoms with E-state index in [0.29, 0.717) is 18.8 Å². The molecule has 0 bridgehead atoms. The highest BCUT2D eigenvalue weighted by atomic mass is 35.5. The molecule has 146 valence electrons. The maximum absolute atomic E-state index is 13.6. The molecule has 1 aromatic heterocycles. The van der Waals surface area contributed by atoms with Crippen LogP contribution in [-0.4, -0.2) is 16.5 Å². The number of hydrogen-bond acceptors (Lipinski definition) is 3. The lowest BCUT2D eigenvalue weighted by molar-refractivity contribution is 0.618. The molecule has 0 radical (unpaired) electrons. The van der Waals surface area contributed by atoms with Gasteiger partial charge in [0.1, 0.15) is 23.3 Å². The van der Waals surface area contributed by atoms with E-state index >= 15 is 0 Å². The first-order valence-corrected chi connectivity index (χ1v) is 9.10. The maximum atomic E-state index is 13.6. The molecule has 0 unspecified atom stereocenters. The molecular weight excluding hydrogens is 380 g/mol. The normalized spacial score (nSPS) is 13.1. The molecule has 6 heteroatoms. The Hall–Kier alpha value is -2.53. The Labute approximate surface area is 169 Å². The van der Waals surface area contributed by atoms with Gasteiger partial charge in [-0.3, -0.25) is 0 Å². The number of aryl methyl sites for hydroxylation is 1. The number of aromatic nitrogens is 2. The molecule has 4 rings (SSSR count). The van der Waals surface area contributed by atoms with E-state index < -0.39 is 0 Å². The zero-order chi connectivity index (χ0) is 19.0. The van der Waals surface area contributed by atoms with Crippen LogP contribution in [0.5, 0.6) is 0 Å². The smallest absolute Gasteiger partial charge is 0.135 e. The molecule has 0 fully saturated rings. The van der Waals surface area contributed by atoms with Crippen molar-refractivity contribution in [2.75, 3.05) is 11.4 Å². The zero-order valence-electron chi connectivity index (χ0n) is 15.9. The number of rotatable bonds is 3. The summed E-state index contributed by atoms with van der Waals surface area (Å²) < 4.78 is 26.8. The maximum Gasteiger partial charge on any atom is 0.135 e. The van der Waals surface area contributed by atoms with E-state index in [-0.39, 0.29) is 24.0 Å². The van der Waals surface area contributed by atoms with E-state index in [2.05, 4.69) is 9.88 Å². The van der Waals surface area contributed by atoms with Crippen molar-refractivity contribution in [2.24, 2.45) is 0 Å². The van der Waals surface area contributed by atoms with Crippen LogP contribution in [0.1, 0.15) is 33.8 Å². The lowest BCUT2D eigenvalue weighted by Crippen LogP contribution is -2.32. The third-order valence-corrected chi connectivity index (χ3v) is 5.17. The summed E-state index contributed by atoms with van der Waals surface area (Å²) >= 11 is 0. The first-order valence-electron chi connectivity index (χ1n) is 9.10. The molecule has 28 heavy (non-hydrogen) atoms. The van der Waals surface area contributed by atoms with Crippen molar-refractivity contribution >= 4 is 18.2 Å². The van der Waals surface area contributed by atoms with Gasteiger partial charge in [0.25, 0.3) is 0 Å². The van der Waals surface area contributed by atoms with Gasteiger partial charge in [-0.25, -0.2) is 18.7 Å². The Balaban J connectivity index is 0.00000225. The second kappa shape index (κ2) is 8.23. The van der Waals surface area contributed by atoms with Gasteiger partial charge in [-0.2, -0.15) is 0 Å². The van der Waals surface area contributed by atoms with E-state index in [1.807, 2.05) is 19.9 Å². The lowest BCUT2D eigenvalue weighted by Gasteiger charge is -2.31. The number of anilines is 1. The Morgan fingerprint density at radius 1 is 0.929 bits per heavy atom. The highest BCUT2D eigenvalue weighted by Gasteiger charge is 2.21. The molecule has 3 aromatic rings. The van der Waals surface area contributed by atoms with Gasteiger partial charge >= 0.3 is 0 Å². The van der Waals surface area contributed by atoms with E-state index in [0.717, 1.165) is 41.2 Å². The van der Waals surface area contributed by atoms with Gasteiger partial charge in [0.2, 0.25) is 0 Å². The van der Waals surface area contributed by atoms with Gasteiger partial charge in [0, 0.05) is 30.8 Å². The first kappa shape index (κ1) is 20.2. The van der Waals surface area contributed by atoms with Crippen LogP contribution < -0.4 is 4.90 Å². The summed E-state index contributed by atoms with van der Waals surface area (Å²) in [6.45, 7) is 5.48. The molecule has 2 aromatic carbocycles. The molecule has 1 aliphatic rings. The minimum Gasteiger partial charge on any atom is -0.352 e. The fraction of sp³-hybridized carbons (Fsp3) is 0.273. The standard InChI is InChI=1S/C22H21F2N3.ClH/c1-14-15(2)25-21(11-16-3-6-19(23)7-4-16)26-22(14)27-10-9-17-5-8-20(24)12-18(17)13-27;/h3-8,12H,9-11,13H2,1-2H3;1H. The fourth-order valence-corrected chi connectivity index (χ4v) is 3.55. The Kier molecular flexibility index (Phi) is 5.94. The molecule has 0 aliphatic carbocycles. The van der Waals surface area contributed by atoms with Crippen molar-refractivity contribution in [3.63, 3.8) is 0 Å². The molecule has 0 spiro atoms. The quantitative estimate of drug-likeness (QED) is 0.622. The van der Waals surface area contributed by atoms with E-state index in [4.69, 9.17) is 4.98 Å². The second-order valence-electron chi connectivity index (χ2n) is 7.06. The minimum atomic E-state index is -0.250. The van der Waals surface area contributed by atoms with E-state index in [1.165, 1.54) is 23.8 Å². The molecule has 0 atom stereocenters. The van der Waals surface area contributed by atoms with Crippen molar-refractivity contribution < 1.29 is 8.78 Å². The van der Waals surface area contributed by atoms with Gasteiger partial charge in [-0.1, -0.05) is 18.2 Å². The van der Waals surface area contributed by atoms with E-state index in [1.54, 1.807) is 18.2 Å². The zero-order valence-corrected chi connectivity index (χ0v) is 16.7. The second-order valence-corrected chi connectivity index (χ2v) is 7.06. The molecule has 2 heterocycles. The van der Waals surface area contributed by atoms with Crippen molar-refractivity contribution in [2.45, 2.75) is 33.2 Å². The van der Waals surface area contributed by atoms with Crippen molar-refractivity contribution in [3.8, 4) is 0 Å². The van der Waals surface area contributed by atoms with Crippen molar-refractivity contribution in [1.29, 1.82) is 0 Å².